The number of methoxy groups -OCH3 is 1. The fourth-order valence-corrected chi connectivity index (χ4v) is 3.82. The summed E-state index contributed by atoms with van der Waals surface area (Å²) in [5, 5.41) is 5.06. The number of fused-ring (bicyclic) bond motifs is 5. The lowest BCUT2D eigenvalue weighted by atomic mass is 10.0. The third kappa shape index (κ3) is 2.10. The zero-order chi connectivity index (χ0) is 17.7. The molecule has 0 spiro atoms. The van der Waals surface area contributed by atoms with Gasteiger partial charge in [0.1, 0.15) is 17.8 Å². The highest BCUT2D eigenvalue weighted by atomic mass is 35.5. The van der Waals surface area contributed by atoms with Crippen LogP contribution in [0.3, 0.4) is 0 Å². The van der Waals surface area contributed by atoms with Crippen LogP contribution in [0.1, 0.15) is 17.3 Å². The van der Waals surface area contributed by atoms with Gasteiger partial charge in [-0.25, -0.2) is 9.97 Å². The van der Waals surface area contributed by atoms with E-state index in [1.807, 2.05) is 30.3 Å². The molecule has 1 aliphatic heterocycles. The molecule has 1 unspecified atom stereocenters. The molecule has 4 aromatic rings. The number of para-hydroxylation sites is 2. The van der Waals surface area contributed by atoms with Crippen LogP contribution in [0.2, 0.25) is 5.15 Å². The molecule has 5 nitrogen and oxygen atoms in total. The van der Waals surface area contributed by atoms with Crippen molar-refractivity contribution in [3.63, 3.8) is 0 Å². The van der Waals surface area contributed by atoms with Crippen LogP contribution in [0, 0.1) is 0 Å². The van der Waals surface area contributed by atoms with E-state index in [-0.39, 0.29) is 6.04 Å². The Morgan fingerprint density at radius 2 is 1.88 bits per heavy atom. The summed E-state index contributed by atoms with van der Waals surface area (Å²) in [7, 11) is 1.68. The topological polar surface area (TPSA) is 52.0 Å². The molecule has 5 rings (SSSR count). The predicted molar refractivity (Wildman–Crippen MR) is 102 cm³/mol. The zero-order valence-corrected chi connectivity index (χ0v) is 14.7. The van der Waals surface area contributed by atoms with Crippen molar-refractivity contribution in [3.8, 4) is 11.6 Å². The van der Waals surface area contributed by atoms with E-state index in [9.17, 15) is 0 Å². The van der Waals surface area contributed by atoms with Crippen molar-refractivity contribution >= 4 is 28.2 Å². The highest BCUT2D eigenvalue weighted by Crippen LogP contribution is 2.43. The molecule has 0 saturated heterocycles. The Bertz CT molecular complexity index is 1140. The first-order valence-corrected chi connectivity index (χ1v) is 8.66. The highest BCUT2D eigenvalue weighted by molar-refractivity contribution is 6.32. The van der Waals surface area contributed by atoms with Crippen LogP contribution in [0.15, 0.2) is 60.9 Å². The third-order valence-corrected chi connectivity index (χ3v) is 5.05. The van der Waals surface area contributed by atoms with Gasteiger partial charge in [0.05, 0.1) is 24.4 Å². The van der Waals surface area contributed by atoms with Gasteiger partial charge in [-0.15, -0.1) is 0 Å². The third-order valence-electron chi connectivity index (χ3n) is 4.77. The molecule has 0 bridgehead atoms. The van der Waals surface area contributed by atoms with Gasteiger partial charge >= 0.3 is 0 Å². The van der Waals surface area contributed by atoms with Gasteiger partial charge in [-0.3, -0.25) is 4.57 Å². The molecule has 2 aromatic carbocycles. The first-order chi connectivity index (χ1) is 12.8. The van der Waals surface area contributed by atoms with Crippen LogP contribution in [0.4, 0.5) is 5.69 Å². The number of benzene rings is 2. The van der Waals surface area contributed by atoms with Crippen LogP contribution in [-0.2, 0) is 0 Å². The van der Waals surface area contributed by atoms with E-state index in [1.54, 1.807) is 7.11 Å². The first kappa shape index (κ1) is 15.2. The minimum absolute atomic E-state index is 0.130. The summed E-state index contributed by atoms with van der Waals surface area (Å²) in [6.45, 7) is 0. The second kappa shape index (κ2) is 5.75. The van der Waals surface area contributed by atoms with E-state index < -0.39 is 0 Å². The second-order valence-electron chi connectivity index (χ2n) is 6.15. The number of nitrogens with one attached hydrogen (secondary N) is 1. The maximum atomic E-state index is 6.40. The number of hydrogen-bond donors (Lipinski definition) is 1. The summed E-state index contributed by atoms with van der Waals surface area (Å²) < 4.78 is 7.74. The van der Waals surface area contributed by atoms with Crippen molar-refractivity contribution < 1.29 is 4.74 Å². The number of anilines is 1. The summed E-state index contributed by atoms with van der Waals surface area (Å²) in [6.07, 6.45) is 1.49. The van der Waals surface area contributed by atoms with Gasteiger partial charge in [-0.2, -0.15) is 0 Å². The Morgan fingerprint density at radius 3 is 2.77 bits per heavy atom. The predicted octanol–water partition coefficient (Wildman–Crippen LogP) is 4.60. The van der Waals surface area contributed by atoms with E-state index >= 15 is 0 Å². The van der Waals surface area contributed by atoms with Crippen LogP contribution in [0.5, 0.6) is 5.75 Å². The number of nitrogens with zero attached hydrogens (tertiary/aromatic N) is 3. The number of aromatic nitrogens is 3. The average Bonchev–Trinajstić information content (AvgIpc) is 3.07. The smallest absolute Gasteiger partial charge is 0.165 e. The first-order valence-electron chi connectivity index (χ1n) is 8.28. The Balaban J connectivity index is 1.85. The molecule has 6 heteroatoms. The second-order valence-corrected chi connectivity index (χ2v) is 6.50. The quantitative estimate of drug-likeness (QED) is 0.529. The monoisotopic (exact) mass is 362 g/mol. The minimum atomic E-state index is -0.130. The molecule has 1 atom stereocenters. The minimum Gasteiger partial charge on any atom is -0.496 e. The van der Waals surface area contributed by atoms with Crippen LogP contribution >= 0.6 is 11.6 Å². The lowest BCUT2D eigenvalue weighted by molar-refractivity contribution is 0.408. The maximum Gasteiger partial charge on any atom is 0.165 e. The van der Waals surface area contributed by atoms with Gasteiger partial charge in [-0.05, 0) is 18.2 Å². The van der Waals surface area contributed by atoms with E-state index in [2.05, 4.69) is 44.1 Å². The highest BCUT2D eigenvalue weighted by Gasteiger charge is 2.31. The molecule has 26 heavy (non-hydrogen) atoms. The van der Waals surface area contributed by atoms with Gasteiger partial charge in [0.25, 0.3) is 0 Å². The van der Waals surface area contributed by atoms with Gasteiger partial charge in [-0.1, -0.05) is 48.0 Å². The number of hydrogen-bond acceptors (Lipinski definition) is 4. The average molecular weight is 363 g/mol. The molecule has 0 fully saturated rings. The molecule has 0 saturated carbocycles. The summed E-state index contributed by atoms with van der Waals surface area (Å²) in [5.74, 6) is 1.57. The fourth-order valence-electron chi connectivity index (χ4n) is 3.63. The molecule has 0 radical (unpaired) electrons. The number of ether oxygens (including phenoxy) is 1. The lowest BCUT2D eigenvalue weighted by Crippen LogP contribution is -2.24. The Kier molecular flexibility index (Phi) is 3.36. The Morgan fingerprint density at radius 1 is 1.08 bits per heavy atom. The number of rotatable bonds is 2. The molecule has 2 aromatic heterocycles. The zero-order valence-electron chi connectivity index (χ0n) is 14.0. The van der Waals surface area contributed by atoms with Crippen LogP contribution in [0.25, 0.3) is 16.7 Å². The van der Waals surface area contributed by atoms with E-state index in [0.717, 1.165) is 39.4 Å². The van der Waals surface area contributed by atoms with Crippen LogP contribution < -0.4 is 10.1 Å². The molecule has 0 aliphatic carbocycles. The van der Waals surface area contributed by atoms with Gasteiger partial charge in [0.2, 0.25) is 0 Å². The summed E-state index contributed by atoms with van der Waals surface area (Å²) in [6, 6.07) is 18.3. The van der Waals surface area contributed by atoms with Gasteiger partial charge < -0.3 is 10.1 Å². The molecule has 0 amide bonds. The van der Waals surface area contributed by atoms with E-state index in [1.165, 1.54) is 6.33 Å². The van der Waals surface area contributed by atoms with Gasteiger partial charge in [0.15, 0.2) is 11.0 Å². The maximum absolute atomic E-state index is 6.40. The lowest BCUT2D eigenvalue weighted by Gasteiger charge is -2.30. The normalized spacial score (nSPS) is 15.2. The standard InChI is InChI=1S/C20H15ClN4O/c1-26-16-9-5-3-7-13(16)17-15-10-12-6-2-4-8-14(12)25(15)20-18(24-17)19(21)22-11-23-20/h2-11,17,24H,1H3. The number of halogens is 1. The molecule has 1 aliphatic rings. The van der Waals surface area contributed by atoms with Crippen molar-refractivity contribution in [1.29, 1.82) is 0 Å². The molecule has 3 heterocycles. The molecule has 128 valence electrons. The van der Waals surface area contributed by atoms with E-state index in [0.29, 0.717) is 5.15 Å². The Labute approximate surface area is 155 Å². The van der Waals surface area contributed by atoms with E-state index in [4.69, 9.17) is 16.3 Å². The molecular formula is C20H15ClN4O. The summed E-state index contributed by atoms with van der Waals surface area (Å²) in [4.78, 5) is 8.64. The summed E-state index contributed by atoms with van der Waals surface area (Å²) in [5.41, 5.74) is 3.92. The molecule has 1 N–H and O–H groups in total. The molecular weight excluding hydrogens is 348 g/mol. The van der Waals surface area contributed by atoms with Crippen LogP contribution in [-0.4, -0.2) is 21.6 Å². The van der Waals surface area contributed by atoms with Crippen molar-refractivity contribution in [2.45, 2.75) is 6.04 Å². The van der Waals surface area contributed by atoms with Crippen molar-refractivity contribution in [1.82, 2.24) is 14.5 Å². The van der Waals surface area contributed by atoms with Crippen molar-refractivity contribution in [2.75, 3.05) is 12.4 Å². The van der Waals surface area contributed by atoms with Crippen molar-refractivity contribution in [2.24, 2.45) is 0 Å². The fraction of sp³-hybridized carbons (Fsp3) is 0.100. The SMILES string of the molecule is COc1ccccc1C1Nc2c(Cl)ncnc2-n2c1cc1ccccc12. The van der Waals surface area contributed by atoms with Crippen molar-refractivity contribution in [3.05, 3.63) is 77.3 Å². The van der Waals surface area contributed by atoms with Gasteiger partial charge in [0, 0.05) is 10.9 Å². The largest absolute Gasteiger partial charge is 0.496 e. The summed E-state index contributed by atoms with van der Waals surface area (Å²) >= 11 is 6.40. The Hall–Kier alpha value is -3.05.